The number of amides is 3. The number of esters is 1. The molecule has 0 bridgehead atoms. The van der Waals surface area contributed by atoms with Crippen LogP contribution in [0.1, 0.15) is 36.2 Å². The zero-order valence-corrected chi connectivity index (χ0v) is 21.1. The van der Waals surface area contributed by atoms with E-state index >= 15 is 0 Å². The Labute approximate surface area is 212 Å². The van der Waals surface area contributed by atoms with Gasteiger partial charge in [0.2, 0.25) is 0 Å². The van der Waals surface area contributed by atoms with E-state index in [-0.39, 0.29) is 19.2 Å². The van der Waals surface area contributed by atoms with Gasteiger partial charge in [0.1, 0.15) is 6.04 Å². The normalized spacial score (nSPS) is 17.4. The summed E-state index contributed by atoms with van der Waals surface area (Å²) in [6.45, 7) is 3.70. The molecular weight excluding hydrogens is 499 g/mol. The number of ether oxygens (including phenoxy) is 1. The molecule has 3 amide bonds. The molecule has 34 heavy (non-hydrogen) atoms. The molecule has 0 spiro atoms. The number of nitrogens with zero attached hydrogens (tertiary/aromatic N) is 2. The van der Waals surface area contributed by atoms with Crippen LogP contribution in [0, 0.1) is 5.92 Å². The average molecular weight is 525 g/mol. The Morgan fingerprint density at radius 3 is 2.29 bits per heavy atom. The number of rotatable bonds is 9. The number of carbonyl (C=O) groups excluding carboxylic acids is 3. The van der Waals surface area contributed by atoms with Crippen LogP contribution in [0.2, 0.25) is 10.0 Å². The Balaban J connectivity index is 1.74. The van der Waals surface area contributed by atoms with Gasteiger partial charge in [-0.2, -0.15) is 0 Å². The molecule has 2 aromatic carbocycles. The van der Waals surface area contributed by atoms with Crippen molar-refractivity contribution in [1.82, 2.24) is 14.5 Å². The minimum absolute atomic E-state index is 0.0713. The Hall–Kier alpha value is -2.46. The maximum atomic E-state index is 13.1. The van der Waals surface area contributed by atoms with E-state index in [9.17, 15) is 14.4 Å². The van der Waals surface area contributed by atoms with Gasteiger partial charge in [-0.1, -0.05) is 55.6 Å². The third-order valence-electron chi connectivity index (χ3n) is 5.44. The van der Waals surface area contributed by atoms with Gasteiger partial charge in [-0.25, -0.2) is 4.79 Å². The smallest absolute Gasteiger partial charge is 0.335 e. The molecule has 11 heteroatoms. The van der Waals surface area contributed by atoms with Crippen LogP contribution in [0.3, 0.4) is 0 Å². The van der Waals surface area contributed by atoms with Crippen LogP contribution in [0.5, 0.6) is 0 Å². The summed E-state index contributed by atoms with van der Waals surface area (Å²) in [5.41, 5.74) is 6.39. The summed E-state index contributed by atoms with van der Waals surface area (Å²) in [7, 11) is 0. The molecule has 0 aromatic heterocycles. The average Bonchev–Trinajstić information content (AvgIpc) is 3.11. The number of hydrogen-bond acceptors (Lipinski definition) is 6. The van der Waals surface area contributed by atoms with Gasteiger partial charge in [0.25, 0.3) is 5.91 Å². The molecule has 1 aliphatic rings. The number of nitrogens with one attached hydrogen (secondary N) is 1. The topological polar surface area (TPSA) is 105 Å². The van der Waals surface area contributed by atoms with Gasteiger partial charge < -0.3 is 15.8 Å². The van der Waals surface area contributed by atoms with E-state index in [1.54, 1.807) is 36.4 Å². The second-order valence-corrected chi connectivity index (χ2v) is 9.83. The first-order chi connectivity index (χ1) is 16.2. The summed E-state index contributed by atoms with van der Waals surface area (Å²) in [4.78, 5) is 39.6. The van der Waals surface area contributed by atoms with Gasteiger partial charge in [-0.15, -0.1) is 0 Å². The fraction of sp³-hybridized carbons (Fsp3) is 0.348. The SMILES string of the molecule is CCC(C)C(N)C(=O)OCN1C(=O)N(Cc2ccc(Cl)cc2)SC1NC(=O)c1ccc(Cl)cc1. The van der Waals surface area contributed by atoms with Crippen LogP contribution < -0.4 is 11.1 Å². The van der Waals surface area contributed by atoms with Gasteiger partial charge in [-0.05, 0) is 47.9 Å². The summed E-state index contributed by atoms with van der Waals surface area (Å²) in [6.07, 6.45) is 0.712. The van der Waals surface area contributed by atoms with Crippen molar-refractivity contribution in [2.45, 2.75) is 38.4 Å². The number of carbonyl (C=O) groups is 3. The molecule has 1 heterocycles. The standard InChI is InChI=1S/C23H26Cl2N4O4S/c1-3-14(2)19(26)21(31)33-13-28-22(27-20(30)16-6-10-18(25)11-7-16)34-29(23(28)32)12-15-4-8-17(24)9-5-15/h4-11,14,19,22H,3,12-13,26H2,1-2H3,(H,27,30). The summed E-state index contributed by atoms with van der Waals surface area (Å²) < 4.78 is 6.83. The van der Waals surface area contributed by atoms with E-state index in [4.69, 9.17) is 33.7 Å². The molecule has 0 saturated carbocycles. The van der Waals surface area contributed by atoms with E-state index in [1.165, 1.54) is 9.21 Å². The molecule has 0 aliphatic carbocycles. The first-order valence-electron chi connectivity index (χ1n) is 10.7. The third kappa shape index (κ3) is 6.56. The Morgan fingerprint density at radius 1 is 1.12 bits per heavy atom. The number of halogens is 2. The van der Waals surface area contributed by atoms with Crippen molar-refractivity contribution in [2.75, 3.05) is 6.73 Å². The van der Waals surface area contributed by atoms with Crippen molar-refractivity contribution in [3.8, 4) is 0 Å². The van der Waals surface area contributed by atoms with Crippen LogP contribution in [-0.4, -0.2) is 45.4 Å². The van der Waals surface area contributed by atoms with Crippen molar-refractivity contribution >= 4 is 53.1 Å². The van der Waals surface area contributed by atoms with Crippen molar-refractivity contribution < 1.29 is 19.1 Å². The van der Waals surface area contributed by atoms with Crippen molar-refractivity contribution in [1.29, 1.82) is 0 Å². The molecule has 8 nitrogen and oxygen atoms in total. The van der Waals surface area contributed by atoms with E-state index < -0.39 is 29.4 Å². The second kappa shape index (κ2) is 11.8. The van der Waals surface area contributed by atoms with Crippen molar-refractivity contribution in [2.24, 2.45) is 11.7 Å². The summed E-state index contributed by atoms with van der Waals surface area (Å²) in [5.74, 6) is -1.08. The molecule has 1 saturated heterocycles. The first-order valence-corrected chi connectivity index (χ1v) is 12.3. The Kier molecular flexibility index (Phi) is 9.07. The lowest BCUT2D eigenvalue weighted by atomic mass is 10.0. The first kappa shape index (κ1) is 26.2. The maximum absolute atomic E-state index is 13.1. The van der Waals surface area contributed by atoms with E-state index in [0.29, 0.717) is 22.0 Å². The zero-order valence-electron chi connectivity index (χ0n) is 18.7. The van der Waals surface area contributed by atoms with E-state index in [2.05, 4.69) is 5.32 Å². The fourth-order valence-corrected chi connectivity index (χ4v) is 4.40. The van der Waals surface area contributed by atoms with Gasteiger partial charge in [0, 0.05) is 27.6 Å². The zero-order chi connectivity index (χ0) is 24.8. The van der Waals surface area contributed by atoms with E-state index in [1.807, 2.05) is 26.0 Å². The number of hydrogen-bond donors (Lipinski definition) is 2. The molecule has 2 aromatic rings. The van der Waals surface area contributed by atoms with Gasteiger partial charge in [0.15, 0.2) is 12.2 Å². The van der Waals surface area contributed by atoms with Crippen molar-refractivity contribution in [3.05, 3.63) is 69.7 Å². The minimum atomic E-state index is -0.803. The van der Waals surface area contributed by atoms with Crippen LogP contribution in [-0.2, 0) is 16.1 Å². The molecule has 3 atom stereocenters. The second-order valence-electron chi connectivity index (χ2n) is 7.86. The monoisotopic (exact) mass is 524 g/mol. The predicted molar refractivity (Wildman–Crippen MR) is 133 cm³/mol. The molecule has 0 radical (unpaired) electrons. The molecule has 3 rings (SSSR count). The van der Waals surface area contributed by atoms with Crippen LogP contribution >= 0.6 is 35.1 Å². The summed E-state index contributed by atoms with van der Waals surface area (Å²) in [6, 6.07) is 12.2. The molecule has 1 aliphatic heterocycles. The maximum Gasteiger partial charge on any atom is 0.335 e. The predicted octanol–water partition coefficient (Wildman–Crippen LogP) is 4.47. The fourth-order valence-electron chi connectivity index (χ4n) is 3.07. The number of benzene rings is 2. The van der Waals surface area contributed by atoms with Crippen LogP contribution in [0.4, 0.5) is 4.79 Å². The lowest BCUT2D eigenvalue weighted by Crippen LogP contribution is -2.47. The molecule has 3 N–H and O–H groups in total. The van der Waals surface area contributed by atoms with Crippen LogP contribution in [0.15, 0.2) is 48.5 Å². The molecular formula is C23H26Cl2N4O4S. The highest BCUT2D eigenvalue weighted by atomic mass is 35.5. The quantitative estimate of drug-likeness (QED) is 0.370. The molecule has 182 valence electrons. The van der Waals surface area contributed by atoms with Gasteiger partial charge >= 0.3 is 12.0 Å². The minimum Gasteiger partial charge on any atom is -0.443 e. The van der Waals surface area contributed by atoms with Crippen LogP contribution in [0.25, 0.3) is 0 Å². The lowest BCUT2D eigenvalue weighted by molar-refractivity contribution is -0.150. The van der Waals surface area contributed by atoms with Gasteiger partial charge in [0.05, 0.1) is 6.54 Å². The Bertz CT molecular complexity index is 1020. The van der Waals surface area contributed by atoms with Gasteiger partial charge in [-0.3, -0.25) is 18.8 Å². The number of nitrogens with two attached hydrogens (primary N) is 1. The summed E-state index contributed by atoms with van der Waals surface area (Å²) >= 11 is 13.0. The highest BCUT2D eigenvalue weighted by Gasteiger charge is 2.40. The van der Waals surface area contributed by atoms with Crippen molar-refractivity contribution in [3.63, 3.8) is 0 Å². The third-order valence-corrected chi connectivity index (χ3v) is 7.06. The highest BCUT2D eigenvalue weighted by Crippen LogP contribution is 2.31. The Morgan fingerprint density at radius 2 is 1.71 bits per heavy atom. The lowest BCUT2D eigenvalue weighted by Gasteiger charge is -2.24. The largest absolute Gasteiger partial charge is 0.443 e. The number of urea groups is 1. The molecule has 1 fully saturated rings. The molecule has 3 unspecified atom stereocenters. The highest BCUT2D eigenvalue weighted by molar-refractivity contribution is 7.98. The van der Waals surface area contributed by atoms with E-state index in [0.717, 1.165) is 17.5 Å². The summed E-state index contributed by atoms with van der Waals surface area (Å²) in [5, 5.41) is 3.90.